The Morgan fingerprint density at radius 3 is 2.48 bits per heavy atom. The van der Waals surface area contributed by atoms with Gasteiger partial charge in [-0.15, -0.1) is 0 Å². The van der Waals surface area contributed by atoms with Crippen molar-refractivity contribution in [3.05, 3.63) is 57.6 Å². The van der Waals surface area contributed by atoms with E-state index in [2.05, 4.69) is 63.3 Å². The van der Waals surface area contributed by atoms with Gasteiger partial charge in [-0.2, -0.15) is 4.98 Å². The fourth-order valence-corrected chi connectivity index (χ4v) is 4.34. The lowest BCUT2D eigenvalue weighted by molar-refractivity contribution is -1.03. The predicted octanol–water partition coefficient (Wildman–Crippen LogP) is 0.127. The third-order valence-electron chi connectivity index (χ3n) is 5.45. The molecular weight excluding hydrogens is 356 g/mol. The largest absolute Gasteiger partial charge is 0.322 e. The van der Waals surface area contributed by atoms with Gasteiger partial charge in [-0.25, -0.2) is 14.2 Å². The van der Waals surface area contributed by atoms with Crippen molar-refractivity contribution in [2.24, 2.45) is 0 Å². The Bertz CT molecular complexity index is 1010. The number of nitrogens with one attached hydrogen (secondary N) is 2. The fraction of sp³-hybridized carbons (Fsp3) is 0.450. The summed E-state index contributed by atoms with van der Waals surface area (Å²) in [7, 11) is 0. The van der Waals surface area contributed by atoms with Gasteiger partial charge in [0.05, 0.1) is 0 Å². The van der Waals surface area contributed by atoms with E-state index in [1.807, 2.05) is 6.92 Å². The van der Waals surface area contributed by atoms with E-state index >= 15 is 0 Å². The molecule has 0 bridgehead atoms. The fourth-order valence-electron chi connectivity index (χ4n) is 4.11. The van der Waals surface area contributed by atoms with E-state index in [9.17, 15) is 0 Å². The summed E-state index contributed by atoms with van der Waals surface area (Å²) in [6, 6.07) is 11.0. The average Bonchev–Trinajstić information content (AvgIpc) is 2.92. The Kier molecular flexibility index (Phi) is 5.08. The molecule has 1 aliphatic heterocycles. The zero-order chi connectivity index (χ0) is 19.0. The molecule has 3 heterocycles. The van der Waals surface area contributed by atoms with Crippen LogP contribution in [0.2, 0.25) is 0 Å². The molecule has 0 radical (unpaired) electrons. The van der Waals surface area contributed by atoms with E-state index in [-0.39, 0.29) is 0 Å². The van der Waals surface area contributed by atoms with Crippen molar-refractivity contribution in [1.82, 2.24) is 19.2 Å². The van der Waals surface area contributed by atoms with Gasteiger partial charge in [0.15, 0.2) is 6.67 Å². The van der Waals surface area contributed by atoms with Crippen LogP contribution >= 0.6 is 12.2 Å². The summed E-state index contributed by atoms with van der Waals surface area (Å²) >= 11 is 5.52. The normalized spacial score (nSPS) is 20.3. The molecule has 0 atom stereocenters. The minimum absolute atomic E-state index is 0.623. The number of hydrogen-bond donors (Lipinski definition) is 2. The van der Waals surface area contributed by atoms with Crippen molar-refractivity contribution in [3.8, 4) is 0 Å². The molecule has 0 saturated carbocycles. The number of piperazine rings is 1. The first-order chi connectivity index (χ1) is 13.0. The molecule has 2 aromatic heterocycles. The first-order valence-corrected chi connectivity index (χ1v) is 10.1. The molecule has 142 valence electrons. The zero-order valence-corrected chi connectivity index (χ0v) is 17.1. The van der Waals surface area contributed by atoms with Crippen LogP contribution in [0, 0.1) is 25.5 Å². The van der Waals surface area contributed by atoms with Gasteiger partial charge < -0.3 is 9.80 Å². The number of rotatable bonds is 4. The highest BCUT2D eigenvalue weighted by molar-refractivity contribution is 7.71. The first kappa shape index (κ1) is 18.3. The lowest BCUT2D eigenvalue weighted by Crippen LogP contribution is -3.27. The van der Waals surface area contributed by atoms with Gasteiger partial charge in [0.1, 0.15) is 32.7 Å². The molecule has 1 saturated heterocycles. The van der Waals surface area contributed by atoms with Crippen molar-refractivity contribution < 1.29 is 9.80 Å². The second-order valence-corrected chi connectivity index (χ2v) is 8.13. The van der Waals surface area contributed by atoms with Gasteiger partial charge in [-0.05, 0) is 39.1 Å². The lowest BCUT2D eigenvalue weighted by atomic mass is 10.1. The molecule has 4 rings (SSSR count). The van der Waals surface area contributed by atoms with Crippen LogP contribution in [0.5, 0.6) is 0 Å². The van der Waals surface area contributed by atoms with Gasteiger partial charge in [-0.3, -0.25) is 0 Å². The van der Waals surface area contributed by atoms with Crippen LogP contribution in [0.1, 0.15) is 22.5 Å². The predicted molar refractivity (Wildman–Crippen MR) is 108 cm³/mol. The molecule has 27 heavy (non-hydrogen) atoms. The maximum atomic E-state index is 5.52. The quantitative estimate of drug-likeness (QED) is 0.629. The lowest BCUT2D eigenvalue weighted by Gasteiger charge is -2.30. The molecule has 0 spiro atoms. The zero-order valence-electron chi connectivity index (χ0n) is 16.3. The van der Waals surface area contributed by atoms with Crippen molar-refractivity contribution in [3.63, 3.8) is 0 Å². The summed E-state index contributed by atoms with van der Waals surface area (Å²) in [6.07, 6.45) is 0. The molecule has 1 aliphatic rings. The highest BCUT2D eigenvalue weighted by atomic mass is 32.1. The van der Waals surface area contributed by atoms with E-state index in [1.165, 1.54) is 24.2 Å². The smallest absolute Gasteiger partial charge is 0.252 e. The third kappa shape index (κ3) is 3.95. The maximum Gasteiger partial charge on any atom is 0.252 e. The number of aromatic nitrogens is 4. The summed E-state index contributed by atoms with van der Waals surface area (Å²) in [6.45, 7) is 12.9. The SMILES string of the molecule is Cc1cccc(C[NH+]2CC[NH+](Cn3c(=S)nc4nc(C)cc(C)n43)CC2)c1. The highest BCUT2D eigenvalue weighted by Gasteiger charge is 2.24. The van der Waals surface area contributed by atoms with Gasteiger partial charge >= 0.3 is 0 Å². The number of aryl methyl sites for hydroxylation is 3. The molecule has 0 amide bonds. The van der Waals surface area contributed by atoms with Gasteiger partial charge in [0.2, 0.25) is 4.77 Å². The molecular formula is C20H28N6S+2. The summed E-state index contributed by atoms with van der Waals surface area (Å²) in [5.74, 6) is 0.709. The topological polar surface area (TPSA) is 44.0 Å². The van der Waals surface area contributed by atoms with Crippen molar-refractivity contribution in [1.29, 1.82) is 0 Å². The van der Waals surface area contributed by atoms with Crippen LogP contribution in [-0.4, -0.2) is 45.3 Å². The summed E-state index contributed by atoms with van der Waals surface area (Å²) in [4.78, 5) is 12.2. The molecule has 2 N–H and O–H groups in total. The van der Waals surface area contributed by atoms with Gasteiger partial charge in [0.25, 0.3) is 5.78 Å². The summed E-state index contributed by atoms with van der Waals surface area (Å²) < 4.78 is 4.79. The molecule has 7 heteroatoms. The van der Waals surface area contributed by atoms with Crippen LogP contribution < -0.4 is 9.80 Å². The van der Waals surface area contributed by atoms with Gasteiger partial charge in [-0.1, -0.05) is 29.8 Å². The molecule has 1 aromatic carbocycles. The second kappa shape index (κ2) is 7.50. The van der Waals surface area contributed by atoms with Crippen LogP contribution in [0.15, 0.2) is 30.3 Å². The molecule has 3 aromatic rings. The Hall–Kier alpha value is -2.09. The third-order valence-corrected chi connectivity index (χ3v) is 5.75. The van der Waals surface area contributed by atoms with Crippen LogP contribution in [0.4, 0.5) is 0 Å². The standard InChI is InChI=1S/C20H26N6S/c1-15-5-4-6-18(11-15)13-23-7-9-24(10-8-23)14-25-20(27)22-19-21-16(2)12-17(3)26(19)25/h4-6,11-12H,7-10,13-14H2,1-3H3/p+2. The Balaban J connectivity index is 1.43. The molecule has 0 unspecified atom stereocenters. The van der Waals surface area contributed by atoms with Crippen molar-refractivity contribution >= 4 is 18.0 Å². The number of fused-ring (bicyclic) bond motifs is 1. The Labute approximate surface area is 165 Å². The van der Waals surface area contributed by atoms with E-state index in [0.717, 1.165) is 37.7 Å². The highest BCUT2D eigenvalue weighted by Crippen LogP contribution is 2.06. The Morgan fingerprint density at radius 2 is 1.74 bits per heavy atom. The second-order valence-electron chi connectivity index (χ2n) is 7.77. The van der Waals surface area contributed by atoms with E-state index in [1.54, 1.807) is 9.80 Å². The van der Waals surface area contributed by atoms with E-state index in [4.69, 9.17) is 12.2 Å². The van der Waals surface area contributed by atoms with Crippen molar-refractivity contribution in [2.45, 2.75) is 34.0 Å². The minimum Gasteiger partial charge on any atom is -0.322 e. The molecule has 0 aliphatic carbocycles. The van der Waals surface area contributed by atoms with Crippen molar-refractivity contribution in [2.75, 3.05) is 26.2 Å². The number of benzene rings is 1. The first-order valence-electron chi connectivity index (χ1n) is 9.66. The Morgan fingerprint density at radius 1 is 1.00 bits per heavy atom. The number of quaternary nitrogens is 2. The van der Waals surface area contributed by atoms with Gasteiger partial charge in [0, 0.05) is 17.0 Å². The number of hydrogen-bond acceptors (Lipinski definition) is 3. The number of nitrogens with zero attached hydrogens (tertiary/aromatic N) is 4. The average molecular weight is 385 g/mol. The monoisotopic (exact) mass is 384 g/mol. The van der Waals surface area contributed by atoms with E-state index < -0.39 is 0 Å². The molecule has 1 fully saturated rings. The van der Waals surface area contributed by atoms with Crippen LogP contribution in [-0.2, 0) is 13.2 Å². The summed E-state index contributed by atoms with van der Waals surface area (Å²) in [5, 5.41) is 0. The van der Waals surface area contributed by atoms with Crippen LogP contribution in [0.3, 0.4) is 0 Å². The maximum absolute atomic E-state index is 5.52. The minimum atomic E-state index is 0.623. The van der Waals surface area contributed by atoms with E-state index in [0.29, 0.717) is 10.5 Å². The van der Waals surface area contributed by atoms with Crippen LogP contribution in [0.25, 0.3) is 5.78 Å². The molecule has 6 nitrogen and oxygen atoms in total. The summed E-state index contributed by atoms with van der Waals surface area (Å²) in [5.41, 5.74) is 4.89.